The Kier molecular flexibility index (Phi) is 6.51. The van der Waals surface area contributed by atoms with E-state index in [0.29, 0.717) is 6.54 Å². The molecule has 1 heterocycles. The molecule has 2 amide bonds. The Hall–Kier alpha value is -2.42. The summed E-state index contributed by atoms with van der Waals surface area (Å²) in [6.45, 7) is 4.17. The van der Waals surface area contributed by atoms with Crippen molar-refractivity contribution in [2.24, 2.45) is 5.92 Å². The number of aromatic nitrogens is 3. The minimum absolute atomic E-state index is 0.121. The Labute approximate surface area is 154 Å². The van der Waals surface area contributed by atoms with E-state index in [1.807, 2.05) is 38.1 Å². The van der Waals surface area contributed by atoms with Crippen molar-refractivity contribution in [3.8, 4) is 0 Å². The van der Waals surface area contributed by atoms with Crippen molar-refractivity contribution in [3.05, 3.63) is 40.6 Å². The number of ether oxygens (including phenoxy) is 1. The maximum Gasteiger partial charge on any atom is 0.407 e. The van der Waals surface area contributed by atoms with Gasteiger partial charge >= 0.3 is 6.09 Å². The first-order valence-corrected chi connectivity index (χ1v) is 8.47. The standard InChI is InChI=1S/C16H20BrN5O3/c1-10(2)13(19-16(24)25-3)14(23)20-15-18-9-22(21-15)8-11-4-6-12(17)7-5-11/h4-7,9-10,13H,8H2,1-3H3,(H,19,24)(H,20,21,23). The number of carbonyl (C=O) groups excluding carboxylic acids is 2. The van der Waals surface area contributed by atoms with Gasteiger partial charge in [-0.1, -0.05) is 41.9 Å². The Bertz CT molecular complexity index is 730. The van der Waals surface area contributed by atoms with Gasteiger partial charge in [0.05, 0.1) is 13.7 Å². The molecular formula is C16H20BrN5O3. The molecule has 8 nitrogen and oxygen atoms in total. The lowest BCUT2D eigenvalue weighted by Gasteiger charge is -2.19. The van der Waals surface area contributed by atoms with Crippen LogP contribution in [0.25, 0.3) is 0 Å². The number of hydrogen-bond donors (Lipinski definition) is 2. The van der Waals surface area contributed by atoms with E-state index < -0.39 is 18.0 Å². The smallest absolute Gasteiger partial charge is 0.407 e. The zero-order chi connectivity index (χ0) is 18.4. The van der Waals surface area contributed by atoms with Gasteiger partial charge in [-0.25, -0.2) is 14.5 Å². The van der Waals surface area contributed by atoms with Crippen molar-refractivity contribution in [2.45, 2.75) is 26.4 Å². The van der Waals surface area contributed by atoms with E-state index in [1.54, 1.807) is 4.68 Å². The molecule has 0 radical (unpaired) electrons. The van der Waals surface area contributed by atoms with Gasteiger partial charge in [0.1, 0.15) is 12.4 Å². The lowest BCUT2D eigenvalue weighted by atomic mass is 10.0. The number of methoxy groups -OCH3 is 1. The Morgan fingerprint density at radius 3 is 2.56 bits per heavy atom. The first-order chi connectivity index (χ1) is 11.9. The number of benzene rings is 1. The number of rotatable bonds is 6. The lowest BCUT2D eigenvalue weighted by molar-refractivity contribution is -0.119. The van der Waals surface area contributed by atoms with E-state index in [4.69, 9.17) is 0 Å². The SMILES string of the molecule is COC(=O)NC(C(=O)Nc1ncn(Cc2ccc(Br)cc2)n1)C(C)C. The second-order valence-electron chi connectivity index (χ2n) is 5.74. The Balaban J connectivity index is 2.00. The summed E-state index contributed by atoms with van der Waals surface area (Å²) in [5.41, 5.74) is 1.05. The minimum atomic E-state index is -0.745. The van der Waals surface area contributed by atoms with E-state index >= 15 is 0 Å². The molecule has 0 saturated heterocycles. The molecule has 0 bridgehead atoms. The van der Waals surface area contributed by atoms with Crippen molar-refractivity contribution < 1.29 is 14.3 Å². The normalized spacial score (nSPS) is 11.9. The van der Waals surface area contributed by atoms with E-state index in [2.05, 4.69) is 41.4 Å². The van der Waals surface area contributed by atoms with Crippen molar-refractivity contribution in [2.75, 3.05) is 12.4 Å². The molecular weight excluding hydrogens is 390 g/mol. The second-order valence-corrected chi connectivity index (χ2v) is 6.65. The fraction of sp³-hybridized carbons (Fsp3) is 0.375. The molecule has 2 rings (SSSR count). The number of anilines is 1. The summed E-state index contributed by atoms with van der Waals surface area (Å²) in [6, 6.07) is 7.09. The van der Waals surface area contributed by atoms with Crippen LogP contribution in [-0.4, -0.2) is 39.9 Å². The highest BCUT2D eigenvalue weighted by atomic mass is 79.9. The zero-order valence-electron chi connectivity index (χ0n) is 14.2. The van der Waals surface area contributed by atoms with Crippen LogP contribution in [0.3, 0.4) is 0 Å². The maximum atomic E-state index is 12.3. The lowest BCUT2D eigenvalue weighted by Crippen LogP contribution is -2.47. The van der Waals surface area contributed by atoms with Gasteiger partial charge in [-0.3, -0.25) is 10.1 Å². The number of nitrogens with zero attached hydrogens (tertiary/aromatic N) is 3. The monoisotopic (exact) mass is 409 g/mol. The van der Waals surface area contributed by atoms with Crippen molar-refractivity contribution in [3.63, 3.8) is 0 Å². The number of alkyl carbamates (subject to hydrolysis) is 1. The van der Waals surface area contributed by atoms with Crippen LogP contribution in [0.5, 0.6) is 0 Å². The highest BCUT2D eigenvalue weighted by molar-refractivity contribution is 9.10. The van der Waals surface area contributed by atoms with Gasteiger partial charge in [0, 0.05) is 4.47 Å². The van der Waals surface area contributed by atoms with Crippen LogP contribution >= 0.6 is 15.9 Å². The first-order valence-electron chi connectivity index (χ1n) is 7.68. The molecule has 1 atom stereocenters. The first kappa shape index (κ1) is 18.9. The predicted molar refractivity (Wildman–Crippen MR) is 96.1 cm³/mol. The van der Waals surface area contributed by atoms with Crippen LogP contribution in [0.15, 0.2) is 35.1 Å². The van der Waals surface area contributed by atoms with Gasteiger partial charge in [0.15, 0.2) is 0 Å². The zero-order valence-corrected chi connectivity index (χ0v) is 15.8. The number of carbonyl (C=O) groups is 2. The molecule has 1 unspecified atom stereocenters. The average molecular weight is 410 g/mol. The molecule has 0 saturated carbocycles. The number of nitrogens with one attached hydrogen (secondary N) is 2. The largest absolute Gasteiger partial charge is 0.453 e. The van der Waals surface area contributed by atoms with Gasteiger partial charge in [-0.05, 0) is 23.6 Å². The van der Waals surface area contributed by atoms with Gasteiger partial charge in [-0.15, -0.1) is 5.10 Å². The highest BCUT2D eigenvalue weighted by Gasteiger charge is 2.25. The third-order valence-electron chi connectivity index (χ3n) is 3.44. The van der Waals surface area contributed by atoms with E-state index in [0.717, 1.165) is 10.0 Å². The summed E-state index contributed by atoms with van der Waals surface area (Å²) < 4.78 is 7.16. The van der Waals surface area contributed by atoms with Crippen LogP contribution in [0, 0.1) is 5.92 Å². The second kappa shape index (κ2) is 8.61. The van der Waals surface area contributed by atoms with Crippen LogP contribution in [-0.2, 0) is 16.1 Å². The summed E-state index contributed by atoms with van der Waals surface area (Å²) in [4.78, 5) is 27.8. The molecule has 0 aliphatic rings. The summed E-state index contributed by atoms with van der Waals surface area (Å²) in [5.74, 6) is -0.342. The molecule has 0 aliphatic carbocycles. The third kappa shape index (κ3) is 5.56. The average Bonchev–Trinajstić information content (AvgIpc) is 3.00. The highest BCUT2D eigenvalue weighted by Crippen LogP contribution is 2.12. The third-order valence-corrected chi connectivity index (χ3v) is 3.97. The van der Waals surface area contributed by atoms with Gasteiger partial charge in [0.2, 0.25) is 11.9 Å². The summed E-state index contributed by atoms with van der Waals surface area (Å²) in [6.07, 6.45) is 0.873. The van der Waals surface area contributed by atoms with E-state index in [1.165, 1.54) is 13.4 Å². The van der Waals surface area contributed by atoms with Crippen molar-refractivity contribution in [1.29, 1.82) is 0 Å². The maximum absolute atomic E-state index is 12.3. The van der Waals surface area contributed by atoms with Crippen LogP contribution in [0.4, 0.5) is 10.7 Å². The molecule has 134 valence electrons. The van der Waals surface area contributed by atoms with Gasteiger partial charge < -0.3 is 10.1 Å². The predicted octanol–water partition coefficient (Wildman–Crippen LogP) is 2.41. The topological polar surface area (TPSA) is 98.1 Å². The molecule has 0 aliphatic heterocycles. The molecule has 1 aromatic heterocycles. The molecule has 0 fully saturated rings. The fourth-order valence-electron chi connectivity index (χ4n) is 2.11. The quantitative estimate of drug-likeness (QED) is 0.762. The summed E-state index contributed by atoms with van der Waals surface area (Å²) in [5, 5.41) is 9.33. The fourth-order valence-corrected chi connectivity index (χ4v) is 2.38. The molecule has 0 spiro atoms. The van der Waals surface area contributed by atoms with Crippen LogP contribution in [0.2, 0.25) is 0 Å². The van der Waals surface area contributed by atoms with Crippen LogP contribution in [0.1, 0.15) is 19.4 Å². The summed E-state index contributed by atoms with van der Waals surface area (Å²) >= 11 is 3.39. The number of halogens is 1. The van der Waals surface area contributed by atoms with Gasteiger partial charge in [-0.2, -0.15) is 0 Å². The molecule has 2 aromatic rings. The number of amides is 2. The molecule has 2 N–H and O–H groups in total. The molecule has 1 aromatic carbocycles. The van der Waals surface area contributed by atoms with Crippen molar-refractivity contribution >= 4 is 33.9 Å². The van der Waals surface area contributed by atoms with E-state index in [9.17, 15) is 9.59 Å². The summed E-state index contributed by atoms with van der Waals surface area (Å²) in [7, 11) is 1.25. The van der Waals surface area contributed by atoms with Crippen LogP contribution < -0.4 is 10.6 Å². The molecule has 9 heteroatoms. The molecule has 25 heavy (non-hydrogen) atoms. The van der Waals surface area contributed by atoms with Gasteiger partial charge in [0.25, 0.3) is 0 Å². The van der Waals surface area contributed by atoms with Crippen molar-refractivity contribution in [1.82, 2.24) is 20.1 Å². The number of hydrogen-bond acceptors (Lipinski definition) is 5. The Morgan fingerprint density at radius 1 is 1.28 bits per heavy atom. The van der Waals surface area contributed by atoms with E-state index in [-0.39, 0.29) is 11.9 Å². The Morgan fingerprint density at radius 2 is 1.96 bits per heavy atom. The minimum Gasteiger partial charge on any atom is -0.453 e.